The Balaban J connectivity index is 0. The normalized spacial score (nSPS) is 12.2. The molecular weight excluding hydrogens is 392 g/mol. The summed E-state index contributed by atoms with van der Waals surface area (Å²) >= 11 is 0. The van der Waals surface area contributed by atoms with E-state index in [1.165, 1.54) is 0 Å². The monoisotopic (exact) mass is 440 g/mol. The lowest BCUT2D eigenvalue weighted by molar-refractivity contribution is 0.0680. The van der Waals surface area contributed by atoms with Crippen LogP contribution in [-0.2, 0) is 26.6 Å². The van der Waals surface area contributed by atoms with Crippen molar-refractivity contribution in [3.05, 3.63) is 0 Å². The van der Waals surface area contributed by atoms with Gasteiger partial charge in [-0.3, -0.25) is 0 Å². The molecule has 0 aliphatic carbocycles. The molecule has 0 saturated carbocycles. The maximum atomic E-state index is 5.72. The first-order chi connectivity index (χ1) is 13.3. The van der Waals surface area contributed by atoms with Gasteiger partial charge in [-0.25, -0.2) is 0 Å². The molecule has 0 heterocycles. The first-order valence-electron chi connectivity index (χ1n) is 11.2. The fraction of sp³-hybridized carbons (Fsp3) is 1.00. The summed E-state index contributed by atoms with van der Waals surface area (Å²) in [4.78, 5) is 0. The molecule has 172 valence electrons. The summed E-state index contributed by atoms with van der Waals surface area (Å²) in [6, 6.07) is 1.85. The lowest BCUT2D eigenvalue weighted by Crippen LogP contribution is -2.46. The Kier molecular flexibility index (Phi) is 20.8. The third-order valence-electron chi connectivity index (χ3n) is 3.68. The van der Waals surface area contributed by atoms with Crippen molar-refractivity contribution in [2.75, 3.05) is 39.6 Å². The molecule has 0 fully saturated rings. The molecule has 28 heavy (non-hydrogen) atoms. The number of hydrogen-bond acceptors (Lipinski definition) is 6. The van der Waals surface area contributed by atoms with Gasteiger partial charge in [-0.2, -0.15) is 0 Å². The Bertz CT molecular complexity index is 298. The van der Waals surface area contributed by atoms with Crippen molar-refractivity contribution in [2.24, 2.45) is 5.92 Å². The Labute approximate surface area is 177 Å². The summed E-state index contributed by atoms with van der Waals surface area (Å²) in [5, 5.41) is 0. The second-order valence-electron chi connectivity index (χ2n) is 6.67. The maximum Gasteiger partial charge on any atom is 0.501 e. The van der Waals surface area contributed by atoms with Crippen LogP contribution in [0.3, 0.4) is 0 Å². The van der Waals surface area contributed by atoms with Crippen molar-refractivity contribution < 1.29 is 26.6 Å². The van der Waals surface area contributed by atoms with Crippen LogP contribution >= 0.6 is 0 Å². The van der Waals surface area contributed by atoms with Crippen LogP contribution in [0, 0.1) is 5.92 Å². The number of rotatable bonds is 17. The Morgan fingerprint density at radius 3 is 1.11 bits per heavy atom. The van der Waals surface area contributed by atoms with Crippen LogP contribution in [-0.4, -0.2) is 57.3 Å². The third kappa shape index (κ3) is 14.2. The van der Waals surface area contributed by atoms with Crippen LogP contribution in [0.1, 0.15) is 75.2 Å². The van der Waals surface area contributed by atoms with Crippen LogP contribution in [0.15, 0.2) is 0 Å². The smallest absolute Gasteiger partial charge is 0.374 e. The van der Waals surface area contributed by atoms with Crippen molar-refractivity contribution in [1.29, 1.82) is 0 Å². The number of unbranched alkanes of at least 4 members (excludes halogenated alkanes) is 1. The van der Waals surface area contributed by atoms with E-state index in [2.05, 4.69) is 20.8 Å². The lowest BCUT2D eigenvalue weighted by atomic mass is 10.3. The largest absolute Gasteiger partial charge is 0.501 e. The number of hydrogen-bond donors (Lipinski definition) is 0. The van der Waals surface area contributed by atoms with Gasteiger partial charge < -0.3 is 26.6 Å². The lowest BCUT2D eigenvalue weighted by Gasteiger charge is -2.29. The summed E-state index contributed by atoms with van der Waals surface area (Å²) in [5.74, 6) is 0.548. The molecular formula is C20H48O6Si2. The highest BCUT2D eigenvalue weighted by Crippen LogP contribution is 2.21. The minimum atomic E-state index is -2.36. The molecule has 6 nitrogen and oxygen atoms in total. The predicted octanol–water partition coefficient (Wildman–Crippen LogP) is 5.53. The molecule has 0 saturated heterocycles. The van der Waals surface area contributed by atoms with E-state index < -0.39 is 17.6 Å². The van der Waals surface area contributed by atoms with Gasteiger partial charge in [0.15, 0.2) is 0 Å². The van der Waals surface area contributed by atoms with Gasteiger partial charge in [-0.05, 0) is 53.9 Å². The average Bonchev–Trinajstić information content (AvgIpc) is 2.61. The van der Waals surface area contributed by atoms with Crippen molar-refractivity contribution in [2.45, 2.75) is 87.2 Å². The van der Waals surface area contributed by atoms with E-state index >= 15 is 0 Å². The molecule has 0 bridgehead atoms. The van der Waals surface area contributed by atoms with Gasteiger partial charge in [0.25, 0.3) is 0 Å². The van der Waals surface area contributed by atoms with Crippen molar-refractivity contribution >= 4 is 17.6 Å². The van der Waals surface area contributed by atoms with Crippen molar-refractivity contribution in [3.63, 3.8) is 0 Å². The van der Waals surface area contributed by atoms with E-state index in [-0.39, 0.29) is 0 Å². The Morgan fingerprint density at radius 2 is 0.857 bits per heavy atom. The van der Waals surface area contributed by atoms with Gasteiger partial charge in [-0.15, -0.1) is 0 Å². The second kappa shape index (κ2) is 19.2. The molecule has 0 N–H and O–H groups in total. The molecule has 0 radical (unpaired) electrons. The zero-order valence-electron chi connectivity index (χ0n) is 20.1. The minimum absolute atomic E-state index is 0.548. The molecule has 0 unspecified atom stereocenters. The minimum Gasteiger partial charge on any atom is -0.374 e. The van der Waals surface area contributed by atoms with Crippen LogP contribution < -0.4 is 0 Å². The molecule has 0 aromatic carbocycles. The van der Waals surface area contributed by atoms with E-state index in [1.54, 1.807) is 0 Å². The summed E-state index contributed by atoms with van der Waals surface area (Å²) in [7, 11) is -4.68. The summed E-state index contributed by atoms with van der Waals surface area (Å²) in [5.41, 5.74) is 0. The van der Waals surface area contributed by atoms with E-state index in [0.29, 0.717) is 45.6 Å². The maximum absolute atomic E-state index is 5.72. The quantitative estimate of drug-likeness (QED) is 0.277. The molecule has 0 spiro atoms. The molecule has 8 heteroatoms. The Morgan fingerprint density at radius 1 is 0.536 bits per heavy atom. The summed E-state index contributed by atoms with van der Waals surface area (Å²) < 4.78 is 34.3. The first-order valence-corrected chi connectivity index (χ1v) is 15.0. The molecule has 0 amide bonds. The molecule has 0 aliphatic heterocycles. The van der Waals surface area contributed by atoms with E-state index in [9.17, 15) is 0 Å². The van der Waals surface area contributed by atoms with E-state index in [1.807, 2.05) is 41.5 Å². The zero-order valence-corrected chi connectivity index (χ0v) is 22.1. The van der Waals surface area contributed by atoms with Gasteiger partial charge in [-0.1, -0.05) is 27.2 Å². The van der Waals surface area contributed by atoms with Gasteiger partial charge in [0.1, 0.15) is 0 Å². The van der Waals surface area contributed by atoms with Crippen LogP contribution in [0.5, 0.6) is 0 Å². The van der Waals surface area contributed by atoms with E-state index in [0.717, 1.165) is 24.9 Å². The SMILES string of the molecule is CCCC[Si](OCC)(OCC)OCC.CCO[Si](CC(C)C)(OCC)OCC. The summed E-state index contributed by atoms with van der Waals surface area (Å²) in [6.45, 7) is 22.5. The van der Waals surface area contributed by atoms with Crippen LogP contribution in [0.25, 0.3) is 0 Å². The highest BCUT2D eigenvalue weighted by atomic mass is 28.4. The molecule has 0 atom stereocenters. The highest BCUT2D eigenvalue weighted by molar-refractivity contribution is 6.61. The van der Waals surface area contributed by atoms with Gasteiger partial charge >= 0.3 is 17.6 Å². The van der Waals surface area contributed by atoms with Crippen molar-refractivity contribution in [3.8, 4) is 0 Å². The molecule has 0 aromatic rings. The topological polar surface area (TPSA) is 55.4 Å². The summed E-state index contributed by atoms with van der Waals surface area (Å²) in [6.07, 6.45) is 2.27. The van der Waals surface area contributed by atoms with Gasteiger partial charge in [0.2, 0.25) is 0 Å². The van der Waals surface area contributed by atoms with Crippen LogP contribution in [0.2, 0.25) is 12.1 Å². The zero-order chi connectivity index (χ0) is 21.9. The molecule has 0 rings (SSSR count). The van der Waals surface area contributed by atoms with Crippen molar-refractivity contribution in [1.82, 2.24) is 0 Å². The molecule has 0 aliphatic rings. The van der Waals surface area contributed by atoms with Gasteiger partial charge in [0, 0.05) is 51.7 Å². The molecule has 0 aromatic heterocycles. The average molecular weight is 441 g/mol. The highest BCUT2D eigenvalue weighted by Gasteiger charge is 2.41. The fourth-order valence-electron chi connectivity index (χ4n) is 2.86. The van der Waals surface area contributed by atoms with E-state index in [4.69, 9.17) is 26.6 Å². The van der Waals surface area contributed by atoms with Gasteiger partial charge in [0.05, 0.1) is 0 Å². The second-order valence-corrected chi connectivity index (χ2v) is 12.0. The first kappa shape index (κ1) is 30.4. The predicted molar refractivity (Wildman–Crippen MR) is 121 cm³/mol. The van der Waals surface area contributed by atoms with Crippen LogP contribution in [0.4, 0.5) is 0 Å². The third-order valence-corrected chi connectivity index (χ3v) is 10.3. The standard InChI is InChI=1S/2C10H24O3Si/c1-6-11-14(12-7-2,13-8-3)9-10(4)5;1-5-9-10-14(11-6-2,12-7-3)13-8-4/h10H,6-9H2,1-5H3;5-10H2,1-4H3. The Hall–Kier alpha value is 0.194. The fourth-order valence-corrected chi connectivity index (χ4v) is 8.57.